The normalized spacial score (nSPS) is 13.3. The molecule has 0 bridgehead atoms. The summed E-state index contributed by atoms with van der Waals surface area (Å²) in [5.41, 5.74) is 17.4. The van der Waals surface area contributed by atoms with Crippen LogP contribution in [0, 0.1) is 6.92 Å². The molecule has 0 aliphatic carbocycles. The number of rotatable bonds is 3. The lowest BCUT2D eigenvalue weighted by Gasteiger charge is -2.21. The van der Waals surface area contributed by atoms with Gasteiger partial charge in [-0.3, -0.25) is 4.79 Å². The van der Waals surface area contributed by atoms with Crippen LogP contribution in [0.15, 0.2) is 36.4 Å². The monoisotopic (exact) mass is 281 g/mol. The van der Waals surface area contributed by atoms with Crippen LogP contribution in [0.3, 0.4) is 0 Å². The van der Waals surface area contributed by atoms with Gasteiger partial charge in [-0.2, -0.15) is 0 Å². The Bertz CT molecular complexity index is 709. The average Bonchev–Trinajstić information content (AvgIpc) is 2.82. The second-order valence-corrected chi connectivity index (χ2v) is 5.53. The molecular formula is C17H19N3O. The van der Waals surface area contributed by atoms with Crippen LogP contribution in [0.2, 0.25) is 0 Å². The van der Waals surface area contributed by atoms with Gasteiger partial charge in [-0.05, 0) is 42.2 Å². The molecule has 0 saturated carbocycles. The molecule has 108 valence electrons. The Kier molecular flexibility index (Phi) is 3.29. The number of anilines is 2. The van der Waals surface area contributed by atoms with Crippen LogP contribution in [0.5, 0.6) is 0 Å². The largest absolute Gasteiger partial charge is 0.398 e. The fourth-order valence-corrected chi connectivity index (χ4v) is 2.91. The molecule has 4 heteroatoms. The molecule has 0 saturated heterocycles. The van der Waals surface area contributed by atoms with Crippen molar-refractivity contribution in [3.8, 4) is 0 Å². The van der Waals surface area contributed by atoms with Gasteiger partial charge in [0.05, 0.1) is 0 Å². The van der Waals surface area contributed by atoms with Gasteiger partial charge in [0.1, 0.15) is 0 Å². The Balaban J connectivity index is 1.93. The molecule has 0 atom stereocenters. The highest BCUT2D eigenvalue weighted by Crippen LogP contribution is 2.33. The van der Waals surface area contributed by atoms with Crippen molar-refractivity contribution < 1.29 is 4.79 Å². The van der Waals surface area contributed by atoms with E-state index in [1.54, 1.807) is 6.07 Å². The minimum Gasteiger partial charge on any atom is -0.398 e. The fraction of sp³-hybridized carbons (Fsp3) is 0.235. The molecule has 1 amide bonds. The molecule has 0 fully saturated rings. The molecule has 21 heavy (non-hydrogen) atoms. The number of amides is 1. The average molecular weight is 281 g/mol. The predicted molar refractivity (Wildman–Crippen MR) is 85.3 cm³/mol. The van der Waals surface area contributed by atoms with Crippen LogP contribution in [0.25, 0.3) is 0 Å². The van der Waals surface area contributed by atoms with E-state index in [2.05, 4.69) is 11.0 Å². The molecule has 1 aliphatic rings. The van der Waals surface area contributed by atoms with Crippen molar-refractivity contribution >= 4 is 17.3 Å². The number of benzene rings is 2. The maximum atomic E-state index is 11.5. The highest BCUT2D eigenvalue weighted by molar-refractivity contribution is 5.94. The lowest BCUT2D eigenvalue weighted by atomic mass is 10.1. The first-order chi connectivity index (χ1) is 10.1. The van der Waals surface area contributed by atoms with Gasteiger partial charge in [-0.1, -0.05) is 24.3 Å². The van der Waals surface area contributed by atoms with Crippen molar-refractivity contribution in [1.29, 1.82) is 0 Å². The van der Waals surface area contributed by atoms with Crippen LogP contribution in [-0.4, -0.2) is 12.5 Å². The van der Waals surface area contributed by atoms with E-state index in [-0.39, 0.29) is 5.91 Å². The number of nitrogens with zero attached hydrogens (tertiary/aromatic N) is 1. The van der Waals surface area contributed by atoms with Gasteiger partial charge < -0.3 is 16.4 Å². The van der Waals surface area contributed by atoms with Crippen LogP contribution in [0.1, 0.15) is 27.0 Å². The molecule has 0 aromatic heterocycles. The second-order valence-electron chi connectivity index (χ2n) is 5.53. The molecule has 3 rings (SSSR count). The van der Waals surface area contributed by atoms with E-state index in [4.69, 9.17) is 11.5 Å². The van der Waals surface area contributed by atoms with Gasteiger partial charge >= 0.3 is 0 Å². The lowest BCUT2D eigenvalue weighted by Crippen LogP contribution is -2.23. The number of aryl methyl sites for hydroxylation is 1. The first-order valence-corrected chi connectivity index (χ1v) is 7.08. The third-order valence-electron chi connectivity index (χ3n) is 4.10. The van der Waals surface area contributed by atoms with E-state index in [9.17, 15) is 4.79 Å². The van der Waals surface area contributed by atoms with E-state index in [0.29, 0.717) is 12.1 Å². The van der Waals surface area contributed by atoms with Crippen molar-refractivity contribution in [1.82, 2.24) is 0 Å². The number of nitrogens with two attached hydrogens (primary N) is 2. The summed E-state index contributed by atoms with van der Waals surface area (Å²) in [4.78, 5) is 13.8. The summed E-state index contributed by atoms with van der Waals surface area (Å²) in [6.45, 7) is 3.64. The number of fused-ring (bicyclic) bond motifs is 1. The summed E-state index contributed by atoms with van der Waals surface area (Å²) in [5.74, 6) is -0.381. The van der Waals surface area contributed by atoms with Crippen molar-refractivity contribution in [2.24, 2.45) is 5.73 Å². The van der Waals surface area contributed by atoms with E-state index in [0.717, 1.165) is 35.5 Å². The summed E-state index contributed by atoms with van der Waals surface area (Å²) < 4.78 is 0. The van der Waals surface area contributed by atoms with Crippen molar-refractivity contribution in [2.45, 2.75) is 19.9 Å². The zero-order valence-electron chi connectivity index (χ0n) is 12.1. The summed E-state index contributed by atoms with van der Waals surface area (Å²) in [5, 5.41) is 0. The molecule has 4 nitrogen and oxygen atoms in total. The zero-order valence-corrected chi connectivity index (χ0v) is 12.1. The smallest absolute Gasteiger partial charge is 0.249 e. The van der Waals surface area contributed by atoms with Crippen LogP contribution < -0.4 is 16.4 Å². The number of carbonyl (C=O) groups excluding carboxylic acids is 1. The van der Waals surface area contributed by atoms with E-state index < -0.39 is 0 Å². The van der Waals surface area contributed by atoms with Crippen LogP contribution in [0.4, 0.5) is 11.4 Å². The second kappa shape index (κ2) is 5.13. The first-order valence-electron chi connectivity index (χ1n) is 7.08. The van der Waals surface area contributed by atoms with Crippen molar-refractivity contribution in [3.05, 3.63) is 58.7 Å². The first kappa shape index (κ1) is 13.5. The summed E-state index contributed by atoms with van der Waals surface area (Å²) in [6.07, 6.45) is 1.01. The maximum absolute atomic E-state index is 11.5. The van der Waals surface area contributed by atoms with E-state index >= 15 is 0 Å². The van der Waals surface area contributed by atoms with Crippen molar-refractivity contribution in [2.75, 3.05) is 17.2 Å². The Morgan fingerprint density at radius 3 is 2.81 bits per heavy atom. The van der Waals surface area contributed by atoms with Gasteiger partial charge in [0.15, 0.2) is 0 Å². The van der Waals surface area contributed by atoms with Gasteiger partial charge in [0.25, 0.3) is 0 Å². The third kappa shape index (κ3) is 2.44. The number of hydrogen-bond acceptors (Lipinski definition) is 3. The Morgan fingerprint density at radius 1 is 1.29 bits per heavy atom. The van der Waals surface area contributed by atoms with Crippen LogP contribution in [-0.2, 0) is 13.0 Å². The summed E-state index contributed by atoms with van der Waals surface area (Å²) in [7, 11) is 0. The number of carbonyl (C=O) groups is 1. The molecule has 0 unspecified atom stereocenters. The number of hydrogen-bond donors (Lipinski definition) is 2. The predicted octanol–water partition coefficient (Wildman–Crippen LogP) is 2.24. The highest BCUT2D eigenvalue weighted by atomic mass is 16.1. The molecule has 0 radical (unpaired) electrons. The molecule has 1 heterocycles. The Hall–Kier alpha value is -2.49. The highest BCUT2D eigenvalue weighted by Gasteiger charge is 2.21. The maximum Gasteiger partial charge on any atom is 0.249 e. The van der Waals surface area contributed by atoms with Crippen molar-refractivity contribution in [3.63, 3.8) is 0 Å². The molecule has 4 N–H and O–H groups in total. The van der Waals surface area contributed by atoms with Crippen LogP contribution >= 0.6 is 0 Å². The van der Waals surface area contributed by atoms with E-state index in [1.165, 1.54) is 5.56 Å². The zero-order chi connectivity index (χ0) is 15.0. The lowest BCUT2D eigenvalue weighted by molar-refractivity contribution is 0.0999. The minimum absolute atomic E-state index is 0.381. The molecule has 0 spiro atoms. The quantitative estimate of drug-likeness (QED) is 0.847. The summed E-state index contributed by atoms with van der Waals surface area (Å²) in [6, 6.07) is 11.7. The standard InChI is InChI=1S/C17H19N3O/c1-11-8-12-6-7-20(16(12)9-15(11)18)10-13-4-2-3-5-14(13)17(19)21/h2-5,8-9H,6-7,10,18H2,1H3,(H2,19,21). The number of primary amides is 1. The van der Waals surface area contributed by atoms with Gasteiger partial charge in [0.2, 0.25) is 5.91 Å². The van der Waals surface area contributed by atoms with Gasteiger partial charge in [-0.25, -0.2) is 0 Å². The van der Waals surface area contributed by atoms with Gasteiger partial charge in [-0.15, -0.1) is 0 Å². The molecular weight excluding hydrogens is 262 g/mol. The molecule has 2 aromatic carbocycles. The molecule has 2 aromatic rings. The SMILES string of the molecule is Cc1cc2c(cc1N)N(Cc1ccccc1C(N)=O)CC2. The minimum atomic E-state index is -0.381. The topological polar surface area (TPSA) is 72.3 Å². The van der Waals surface area contributed by atoms with Gasteiger partial charge in [0, 0.05) is 30.0 Å². The fourth-order valence-electron chi connectivity index (χ4n) is 2.91. The van der Waals surface area contributed by atoms with E-state index in [1.807, 2.05) is 31.2 Å². The Morgan fingerprint density at radius 2 is 2.05 bits per heavy atom. The Labute approximate surface area is 124 Å². The third-order valence-corrected chi connectivity index (χ3v) is 4.10. The number of nitrogen functional groups attached to an aromatic ring is 1. The molecule has 1 aliphatic heterocycles. The summed E-state index contributed by atoms with van der Waals surface area (Å²) >= 11 is 0.